The average molecular weight is 355 g/mol. The van der Waals surface area contributed by atoms with Gasteiger partial charge in [0.2, 0.25) is 5.91 Å². The quantitative estimate of drug-likeness (QED) is 0.852. The van der Waals surface area contributed by atoms with Crippen molar-refractivity contribution in [1.29, 1.82) is 0 Å². The van der Waals surface area contributed by atoms with Crippen LogP contribution in [0, 0.1) is 0 Å². The van der Waals surface area contributed by atoms with Crippen LogP contribution in [0.5, 0.6) is 11.5 Å². The third kappa shape index (κ3) is 4.14. The molecule has 0 bridgehead atoms. The molecule has 1 aromatic carbocycles. The summed E-state index contributed by atoms with van der Waals surface area (Å²) < 4.78 is 11.3. The van der Waals surface area contributed by atoms with E-state index in [1.165, 1.54) is 18.4 Å². The molecule has 1 unspecified atom stereocenters. The predicted octanol–water partition coefficient (Wildman–Crippen LogP) is 2.54. The van der Waals surface area contributed by atoms with E-state index in [-0.39, 0.29) is 29.8 Å². The van der Waals surface area contributed by atoms with Gasteiger partial charge in [-0.1, -0.05) is 18.9 Å². The summed E-state index contributed by atoms with van der Waals surface area (Å²) in [5.41, 5.74) is 6.95. The van der Waals surface area contributed by atoms with Crippen LogP contribution < -0.4 is 20.5 Å². The Morgan fingerprint density at radius 2 is 1.92 bits per heavy atom. The molecule has 1 saturated carbocycles. The van der Waals surface area contributed by atoms with Gasteiger partial charge in [-0.2, -0.15) is 0 Å². The number of amides is 1. The minimum absolute atomic E-state index is 0. The molecule has 134 valence electrons. The Kier molecular flexibility index (Phi) is 6.35. The van der Waals surface area contributed by atoms with E-state index in [1.54, 1.807) is 0 Å². The molecule has 0 saturated heterocycles. The number of carbonyl (C=O) groups excluding carboxylic acids is 1. The monoisotopic (exact) mass is 354 g/mol. The molecule has 6 heteroatoms. The molecule has 3 N–H and O–H groups in total. The molecular weight excluding hydrogens is 328 g/mol. The number of ether oxygens (including phenoxy) is 2. The molecule has 2 aliphatic rings. The number of nitrogens with one attached hydrogen (secondary N) is 1. The first kappa shape index (κ1) is 18.9. The number of benzene rings is 1. The van der Waals surface area contributed by atoms with Crippen molar-refractivity contribution in [2.75, 3.05) is 19.8 Å². The summed E-state index contributed by atoms with van der Waals surface area (Å²) in [5.74, 6) is 1.67. The third-order valence-corrected chi connectivity index (χ3v) is 4.85. The zero-order chi connectivity index (χ0) is 16.3. The zero-order valence-electron chi connectivity index (χ0n) is 14.2. The molecule has 1 aromatic rings. The highest BCUT2D eigenvalue weighted by Gasteiger charge is 2.36. The zero-order valence-corrected chi connectivity index (χ0v) is 15.0. The van der Waals surface area contributed by atoms with E-state index in [0.717, 1.165) is 24.3 Å². The van der Waals surface area contributed by atoms with Gasteiger partial charge in [0.25, 0.3) is 0 Å². The highest BCUT2D eigenvalue weighted by atomic mass is 35.5. The lowest BCUT2D eigenvalue weighted by molar-refractivity contribution is -0.121. The normalized spacial score (nSPS) is 19.2. The first-order valence-electron chi connectivity index (χ1n) is 8.51. The SMILES string of the molecule is CC(N)CC(=O)NCC1(c2ccc3c(c2)OCCO3)CCCC1.Cl. The van der Waals surface area contributed by atoms with Gasteiger partial charge in [-0.15, -0.1) is 12.4 Å². The fourth-order valence-electron chi connectivity index (χ4n) is 3.62. The molecule has 0 radical (unpaired) electrons. The van der Waals surface area contributed by atoms with Gasteiger partial charge in [-0.25, -0.2) is 0 Å². The maximum absolute atomic E-state index is 12.0. The Labute approximate surface area is 149 Å². The lowest BCUT2D eigenvalue weighted by atomic mass is 9.78. The molecular formula is C18H27ClN2O3. The van der Waals surface area contributed by atoms with E-state index >= 15 is 0 Å². The number of hydrogen-bond donors (Lipinski definition) is 2. The third-order valence-electron chi connectivity index (χ3n) is 4.85. The Bertz CT molecular complexity index is 571. The summed E-state index contributed by atoms with van der Waals surface area (Å²) in [4.78, 5) is 12.0. The minimum atomic E-state index is -0.108. The van der Waals surface area contributed by atoms with Gasteiger partial charge in [-0.3, -0.25) is 4.79 Å². The lowest BCUT2D eigenvalue weighted by Gasteiger charge is -2.31. The van der Waals surface area contributed by atoms with E-state index in [1.807, 2.05) is 13.0 Å². The van der Waals surface area contributed by atoms with Crippen molar-refractivity contribution >= 4 is 18.3 Å². The largest absolute Gasteiger partial charge is 0.486 e. The summed E-state index contributed by atoms with van der Waals surface area (Å²) in [6.07, 6.45) is 4.93. The topological polar surface area (TPSA) is 73.6 Å². The average Bonchev–Trinajstić information content (AvgIpc) is 3.02. The Morgan fingerprint density at radius 1 is 1.25 bits per heavy atom. The van der Waals surface area contributed by atoms with Gasteiger partial charge in [0, 0.05) is 24.4 Å². The second kappa shape index (κ2) is 8.08. The van der Waals surface area contributed by atoms with Crippen LogP contribution in [-0.4, -0.2) is 31.7 Å². The maximum Gasteiger partial charge on any atom is 0.221 e. The highest BCUT2D eigenvalue weighted by molar-refractivity contribution is 5.85. The lowest BCUT2D eigenvalue weighted by Crippen LogP contribution is -2.40. The van der Waals surface area contributed by atoms with Crippen LogP contribution in [0.1, 0.15) is 44.6 Å². The summed E-state index contributed by atoms with van der Waals surface area (Å²) in [6, 6.07) is 6.10. The molecule has 0 spiro atoms. The second-order valence-electron chi connectivity index (χ2n) is 6.80. The van der Waals surface area contributed by atoms with Crippen LogP contribution >= 0.6 is 12.4 Å². The number of halogens is 1. The first-order chi connectivity index (χ1) is 11.1. The van der Waals surface area contributed by atoms with Crippen LogP contribution in [0.3, 0.4) is 0 Å². The summed E-state index contributed by atoms with van der Waals surface area (Å²) >= 11 is 0. The molecule has 24 heavy (non-hydrogen) atoms. The summed E-state index contributed by atoms with van der Waals surface area (Å²) in [5, 5.41) is 3.08. The number of fused-ring (bicyclic) bond motifs is 1. The van der Waals surface area contributed by atoms with Crippen LogP contribution in [0.2, 0.25) is 0 Å². The molecule has 1 atom stereocenters. The molecule has 3 rings (SSSR count). The van der Waals surface area contributed by atoms with E-state index in [4.69, 9.17) is 15.2 Å². The van der Waals surface area contributed by atoms with E-state index < -0.39 is 0 Å². The van der Waals surface area contributed by atoms with Gasteiger partial charge in [0.1, 0.15) is 13.2 Å². The van der Waals surface area contributed by atoms with E-state index in [0.29, 0.717) is 26.2 Å². The molecule has 0 aromatic heterocycles. The fourth-order valence-corrected chi connectivity index (χ4v) is 3.62. The van der Waals surface area contributed by atoms with Gasteiger partial charge >= 0.3 is 0 Å². The number of hydrogen-bond acceptors (Lipinski definition) is 4. The first-order valence-corrected chi connectivity index (χ1v) is 8.51. The number of rotatable bonds is 5. The predicted molar refractivity (Wildman–Crippen MR) is 96.1 cm³/mol. The van der Waals surface area contributed by atoms with Crippen LogP contribution in [0.4, 0.5) is 0 Å². The minimum Gasteiger partial charge on any atom is -0.486 e. The van der Waals surface area contributed by atoms with E-state index in [2.05, 4.69) is 17.4 Å². The second-order valence-corrected chi connectivity index (χ2v) is 6.80. The van der Waals surface area contributed by atoms with Crippen molar-refractivity contribution in [3.05, 3.63) is 23.8 Å². The van der Waals surface area contributed by atoms with Gasteiger partial charge in [0.05, 0.1) is 0 Å². The van der Waals surface area contributed by atoms with Crippen LogP contribution in [-0.2, 0) is 10.2 Å². The smallest absolute Gasteiger partial charge is 0.221 e. The Hall–Kier alpha value is -1.46. The maximum atomic E-state index is 12.0. The van der Waals surface area contributed by atoms with Crippen molar-refractivity contribution in [2.45, 2.75) is 50.5 Å². The molecule has 1 amide bonds. The number of nitrogens with two attached hydrogens (primary N) is 1. The summed E-state index contributed by atoms with van der Waals surface area (Å²) in [6.45, 7) is 3.71. The highest BCUT2D eigenvalue weighted by Crippen LogP contribution is 2.43. The van der Waals surface area contributed by atoms with Gasteiger partial charge in [-0.05, 0) is 37.5 Å². The van der Waals surface area contributed by atoms with Crippen molar-refractivity contribution in [3.8, 4) is 11.5 Å². The standard InChI is InChI=1S/C18H26N2O3.ClH/c1-13(19)10-17(21)20-12-18(6-2-3-7-18)14-4-5-15-16(11-14)23-9-8-22-15;/h4-5,11,13H,2-3,6-10,12,19H2,1H3,(H,20,21);1H. The van der Waals surface area contributed by atoms with Crippen molar-refractivity contribution in [2.24, 2.45) is 5.73 Å². The van der Waals surface area contributed by atoms with Crippen molar-refractivity contribution < 1.29 is 14.3 Å². The Balaban J connectivity index is 0.00000208. The molecule has 1 aliphatic heterocycles. The fraction of sp³-hybridized carbons (Fsp3) is 0.611. The van der Waals surface area contributed by atoms with Gasteiger partial charge in [0.15, 0.2) is 11.5 Å². The van der Waals surface area contributed by atoms with Crippen molar-refractivity contribution in [1.82, 2.24) is 5.32 Å². The Morgan fingerprint density at radius 3 is 2.58 bits per heavy atom. The van der Waals surface area contributed by atoms with Crippen LogP contribution in [0.15, 0.2) is 18.2 Å². The van der Waals surface area contributed by atoms with E-state index in [9.17, 15) is 4.79 Å². The molecule has 1 aliphatic carbocycles. The van der Waals surface area contributed by atoms with Crippen molar-refractivity contribution in [3.63, 3.8) is 0 Å². The molecule has 1 heterocycles. The summed E-state index contributed by atoms with van der Waals surface area (Å²) in [7, 11) is 0. The molecule has 1 fully saturated rings. The number of carbonyl (C=O) groups is 1. The van der Waals surface area contributed by atoms with Gasteiger partial charge < -0.3 is 20.5 Å². The van der Waals surface area contributed by atoms with Crippen LogP contribution in [0.25, 0.3) is 0 Å². The molecule has 5 nitrogen and oxygen atoms in total.